The molecule has 7 heteroatoms. The van der Waals surface area contributed by atoms with E-state index in [1.807, 2.05) is 0 Å². The summed E-state index contributed by atoms with van der Waals surface area (Å²) < 4.78 is 0. The van der Waals surface area contributed by atoms with Crippen molar-refractivity contribution in [3.05, 3.63) is 0 Å². The van der Waals surface area contributed by atoms with Gasteiger partial charge in [-0.25, -0.2) is 4.79 Å². The van der Waals surface area contributed by atoms with Crippen LogP contribution in [0, 0.1) is 0 Å². The lowest BCUT2D eigenvalue weighted by Gasteiger charge is -2.25. The van der Waals surface area contributed by atoms with Crippen LogP contribution in [-0.4, -0.2) is 43.5 Å². The zero-order valence-corrected chi connectivity index (χ0v) is 10.0. The Morgan fingerprint density at radius 2 is 2.18 bits per heavy atom. The first-order chi connectivity index (χ1) is 8.04. The quantitative estimate of drug-likeness (QED) is 0.494. The summed E-state index contributed by atoms with van der Waals surface area (Å²) in [4.78, 5) is 33.9. The fourth-order valence-corrected chi connectivity index (χ4v) is 1.59. The third-order valence-electron chi connectivity index (χ3n) is 2.59. The van der Waals surface area contributed by atoms with Gasteiger partial charge in [-0.1, -0.05) is 0 Å². The van der Waals surface area contributed by atoms with Gasteiger partial charge in [0.2, 0.25) is 11.8 Å². The first kappa shape index (κ1) is 13.4. The number of hydrogen-bond acceptors (Lipinski definition) is 4. The van der Waals surface area contributed by atoms with Crippen LogP contribution in [0.2, 0.25) is 0 Å². The predicted molar refractivity (Wildman–Crippen MR) is 61.2 cm³/mol. The van der Waals surface area contributed by atoms with E-state index >= 15 is 0 Å². The molecule has 0 radical (unpaired) electrons. The predicted octanol–water partition coefficient (Wildman–Crippen LogP) is -1.30. The van der Waals surface area contributed by atoms with E-state index in [4.69, 9.17) is 0 Å². The molecule has 2 unspecified atom stereocenters. The molecule has 0 aromatic rings. The molecule has 1 aliphatic rings. The van der Waals surface area contributed by atoms with E-state index in [-0.39, 0.29) is 11.9 Å². The van der Waals surface area contributed by atoms with E-state index in [1.54, 1.807) is 6.92 Å². The lowest BCUT2D eigenvalue weighted by molar-refractivity contribution is -0.126. The molecule has 0 saturated carbocycles. The standard InChI is InChI=1S/C10H18N4O3/c1-6(8(15)14-10(17)11-2)13-7-4-3-5-12-9(7)16/h6-7,13H,3-5H2,1-2H3,(H,12,16)(H2,11,14,15,17). The number of amides is 4. The molecule has 1 aliphatic heterocycles. The minimum absolute atomic E-state index is 0.101. The molecule has 0 aromatic carbocycles. The summed E-state index contributed by atoms with van der Waals surface area (Å²) in [6.07, 6.45) is 1.58. The zero-order chi connectivity index (χ0) is 12.8. The van der Waals surface area contributed by atoms with Gasteiger partial charge < -0.3 is 10.6 Å². The number of nitrogens with one attached hydrogen (secondary N) is 4. The van der Waals surface area contributed by atoms with E-state index < -0.39 is 18.0 Å². The van der Waals surface area contributed by atoms with Crippen LogP contribution in [0.25, 0.3) is 0 Å². The highest BCUT2D eigenvalue weighted by molar-refractivity contribution is 5.97. The molecule has 7 nitrogen and oxygen atoms in total. The molecule has 1 heterocycles. The van der Waals surface area contributed by atoms with Gasteiger partial charge in [0.1, 0.15) is 0 Å². The van der Waals surface area contributed by atoms with Crippen molar-refractivity contribution in [3.63, 3.8) is 0 Å². The molecule has 1 rings (SSSR count). The van der Waals surface area contributed by atoms with Crippen LogP contribution in [0.4, 0.5) is 4.79 Å². The Kier molecular flexibility index (Phi) is 4.89. The van der Waals surface area contributed by atoms with Crippen LogP contribution in [0.3, 0.4) is 0 Å². The van der Waals surface area contributed by atoms with Gasteiger partial charge in [-0.3, -0.25) is 20.2 Å². The maximum atomic E-state index is 11.5. The summed E-state index contributed by atoms with van der Waals surface area (Å²) in [6, 6.07) is -1.52. The van der Waals surface area contributed by atoms with Gasteiger partial charge >= 0.3 is 6.03 Å². The van der Waals surface area contributed by atoms with Gasteiger partial charge in [0, 0.05) is 13.6 Å². The minimum Gasteiger partial charge on any atom is -0.355 e. The van der Waals surface area contributed by atoms with Gasteiger partial charge in [-0.15, -0.1) is 0 Å². The van der Waals surface area contributed by atoms with Crippen molar-refractivity contribution >= 4 is 17.8 Å². The fraction of sp³-hybridized carbons (Fsp3) is 0.700. The smallest absolute Gasteiger partial charge is 0.321 e. The largest absolute Gasteiger partial charge is 0.355 e. The van der Waals surface area contributed by atoms with E-state index in [1.165, 1.54) is 7.05 Å². The Bertz CT molecular complexity index is 319. The number of urea groups is 1. The Balaban J connectivity index is 2.42. The lowest BCUT2D eigenvalue weighted by atomic mass is 10.1. The molecule has 96 valence electrons. The van der Waals surface area contributed by atoms with Crippen molar-refractivity contribution in [1.29, 1.82) is 0 Å². The third kappa shape index (κ3) is 4.03. The van der Waals surface area contributed by atoms with Crippen molar-refractivity contribution in [1.82, 2.24) is 21.3 Å². The second kappa shape index (κ2) is 6.19. The normalized spacial score (nSPS) is 21.3. The van der Waals surface area contributed by atoms with Gasteiger partial charge in [0.05, 0.1) is 12.1 Å². The monoisotopic (exact) mass is 242 g/mol. The average Bonchev–Trinajstić information content (AvgIpc) is 2.31. The van der Waals surface area contributed by atoms with Crippen molar-refractivity contribution in [3.8, 4) is 0 Å². The van der Waals surface area contributed by atoms with Crippen LogP contribution < -0.4 is 21.3 Å². The van der Waals surface area contributed by atoms with Crippen LogP contribution >= 0.6 is 0 Å². The molecule has 4 amide bonds. The van der Waals surface area contributed by atoms with Gasteiger partial charge in [0.25, 0.3) is 0 Å². The molecule has 2 atom stereocenters. The van der Waals surface area contributed by atoms with Crippen molar-refractivity contribution in [2.45, 2.75) is 31.8 Å². The second-order valence-electron chi connectivity index (χ2n) is 3.94. The van der Waals surface area contributed by atoms with Gasteiger partial charge in [0.15, 0.2) is 0 Å². The maximum absolute atomic E-state index is 11.5. The van der Waals surface area contributed by atoms with Crippen LogP contribution in [0.1, 0.15) is 19.8 Å². The molecule has 1 fully saturated rings. The zero-order valence-electron chi connectivity index (χ0n) is 10.0. The Labute approximate surface area is 99.7 Å². The van der Waals surface area contributed by atoms with Crippen LogP contribution in [-0.2, 0) is 9.59 Å². The Morgan fingerprint density at radius 1 is 1.47 bits per heavy atom. The summed E-state index contributed by atoms with van der Waals surface area (Å²) in [5.41, 5.74) is 0. The second-order valence-corrected chi connectivity index (χ2v) is 3.94. The number of rotatable bonds is 3. The highest BCUT2D eigenvalue weighted by atomic mass is 16.2. The van der Waals surface area contributed by atoms with Crippen LogP contribution in [0.15, 0.2) is 0 Å². The molecule has 0 aliphatic carbocycles. The Hall–Kier alpha value is -1.63. The molecule has 4 N–H and O–H groups in total. The molecule has 17 heavy (non-hydrogen) atoms. The molecule has 1 saturated heterocycles. The number of hydrogen-bond donors (Lipinski definition) is 4. The average molecular weight is 242 g/mol. The first-order valence-electron chi connectivity index (χ1n) is 5.61. The van der Waals surface area contributed by atoms with Crippen molar-refractivity contribution in [2.24, 2.45) is 0 Å². The van der Waals surface area contributed by atoms with Gasteiger partial charge in [-0.05, 0) is 19.8 Å². The Morgan fingerprint density at radius 3 is 2.76 bits per heavy atom. The molecular formula is C10H18N4O3. The SMILES string of the molecule is CNC(=O)NC(=O)C(C)NC1CCCNC1=O. The van der Waals surface area contributed by atoms with Crippen molar-refractivity contribution < 1.29 is 14.4 Å². The number of piperidine rings is 1. The highest BCUT2D eigenvalue weighted by Gasteiger charge is 2.26. The van der Waals surface area contributed by atoms with Crippen LogP contribution in [0.5, 0.6) is 0 Å². The number of carbonyl (C=O) groups is 3. The summed E-state index contributed by atoms with van der Waals surface area (Å²) in [5, 5.41) is 10.0. The summed E-state index contributed by atoms with van der Waals surface area (Å²) in [7, 11) is 1.43. The molecule has 0 bridgehead atoms. The first-order valence-corrected chi connectivity index (χ1v) is 5.61. The van der Waals surface area contributed by atoms with E-state index in [0.717, 1.165) is 6.42 Å². The number of imide groups is 1. The molecule has 0 spiro atoms. The minimum atomic E-state index is -0.596. The number of carbonyl (C=O) groups excluding carboxylic acids is 3. The fourth-order valence-electron chi connectivity index (χ4n) is 1.59. The summed E-state index contributed by atoms with van der Waals surface area (Å²) >= 11 is 0. The van der Waals surface area contributed by atoms with Gasteiger partial charge in [-0.2, -0.15) is 0 Å². The topological polar surface area (TPSA) is 99.3 Å². The summed E-state index contributed by atoms with van der Waals surface area (Å²) in [6.45, 7) is 2.29. The third-order valence-corrected chi connectivity index (χ3v) is 2.59. The lowest BCUT2D eigenvalue weighted by Crippen LogP contribution is -2.55. The van der Waals surface area contributed by atoms with E-state index in [9.17, 15) is 14.4 Å². The van der Waals surface area contributed by atoms with E-state index in [0.29, 0.717) is 13.0 Å². The van der Waals surface area contributed by atoms with Crippen molar-refractivity contribution in [2.75, 3.05) is 13.6 Å². The summed E-state index contributed by atoms with van der Waals surface area (Å²) in [5.74, 6) is -0.557. The molecular weight excluding hydrogens is 224 g/mol. The van der Waals surface area contributed by atoms with E-state index in [2.05, 4.69) is 21.3 Å². The molecule has 0 aromatic heterocycles. The maximum Gasteiger partial charge on any atom is 0.321 e. The highest BCUT2D eigenvalue weighted by Crippen LogP contribution is 2.03.